The van der Waals surface area contributed by atoms with Gasteiger partial charge in [0.2, 0.25) is 11.8 Å². The zero-order valence-corrected chi connectivity index (χ0v) is 18.1. The van der Waals surface area contributed by atoms with Crippen LogP contribution in [-0.2, 0) is 16.8 Å². The summed E-state index contributed by atoms with van der Waals surface area (Å²) in [4.78, 5) is 27.5. The Hall–Kier alpha value is -3.39. The number of para-hydroxylation sites is 2. The molecule has 32 heavy (non-hydrogen) atoms. The number of hydrogen-bond acceptors (Lipinski definition) is 5. The van der Waals surface area contributed by atoms with Gasteiger partial charge in [-0.3, -0.25) is 4.79 Å². The van der Waals surface area contributed by atoms with Crippen LogP contribution in [0.2, 0.25) is 0 Å². The second-order valence-corrected chi connectivity index (χ2v) is 8.11. The van der Waals surface area contributed by atoms with E-state index in [2.05, 4.69) is 15.6 Å². The van der Waals surface area contributed by atoms with Crippen LogP contribution in [0.25, 0.3) is 11.1 Å². The highest BCUT2D eigenvalue weighted by Gasteiger charge is 2.35. The second kappa shape index (κ2) is 10.8. The number of nitrogens with zero attached hydrogens (tertiary/aromatic N) is 1. The lowest BCUT2D eigenvalue weighted by atomic mass is 9.94. The number of amides is 2. The molecule has 0 radical (unpaired) electrons. The molecule has 0 aliphatic carbocycles. The molecule has 0 saturated carbocycles. The van der Waals surface area contributed by atoms with Crippen molar-refractivity contribution in [1.82, 2.24) is 15.6 Å². The zero-order valence-electron chi connectivity index (χ0n) is 18.1. The molecule has 0 aliphatic heterocycles. The molecule has 0 bridgehead atoms. The molecule has 3 rings (SSSR count). The molecule has 0 aliphatic rings. The number of carboxylic acid groups (broad SMARTS) is 1. The summed E-state index contributed by atoms with van der Waals surface area (Å²) < 4.78 is 5.83. The summed E-state index contributed by atoms with van der Waals surface area (Å²) >= 11 is 0. The highest BCUT2D eigenvalue weighted by Crippen LogP contribution is 2.29. The Balaban J connectivity index is 1.66. The van der Waals surface area contributed by atoms with Crippen LogP contribution < -0.4 is 10.6 Å². The maximum absolute atomic E-state index is 12.5. The molecule has 3 aromatic rings. The second-order valence-electron chi connectivity index (χ2n) is 8.11. The number of benzene rings is 2. The van der Waals surface area contributed by atoms with E-state index in [1.165, 1.54) is 0 Å². The van der Waals surface area contributed by atoms with Crippen molar-refractivity contribution in [2.24, 2.45) is 5.92 Å². The molecule has 0 saturated heterocycles. The maximum atomic E-state index is 12.5. The van der Waals surface area contributed by atoms with E-state index in [1.807, 2.05) is 55.5 Å². The molecule has 2 amide bonds. The molecule has 0 spiro atoms. The number of nitrogens with one attached hydrogen (secondary N) is 2. The van der Waals surface area contributed by atoms with Gasteiger partial charge in [0.1, 0.15) is 5.52 Å². The standard InChI is InChI=1S/C24H29N3O5/c1-17(12-14-25-23(29)30)15-21(28)26-16-24(31,13-11-18-7-3-2-4-8-18)22-27-19-9-5-6-10-20(19)32-22/h2-10,17,25,31H,11-16H2,1H3,(H,26,28)(H,29,30). The fourth-order valence-corrected chi connectivity index (χ4v) is 3.50. The van der Waals surface area contributed by atoms with Gasteiger partial charge in [-0.25, -0.2) is 9.78 Å². The molecule has 2 atom stereocenters. The fraction of sp³-hybridized carbons (Fsp3) is 0.375. The summed E-state index contributed by atoms with van der Waals surface area (Å²) in [7, 11) is 0. The summed E-state index contributed by atoms with van der Waals surface area (Å²) in [5.74, 6) is -0.0562. The van der Waals surface area contributed by atoms with Crippen LogP contribution in [0.4, 0.5) is 4.79 Å². The maximum Gasteiger partial charge on any atom is 0.404 e. The van der Waals surface area contributed by atoms with Crippen molar-refractivity contribution >= 4 is 23.1 Å². The molecule has 8 heteroatoms. The van der Waals surface area contributed by atoms with Crippen LogP contribution in [0, 0.1) is 5.92 Å². The minimum atomic E-state index is -1.47. The SMILES string of the molecule is CC(CCNC(=O)O)CC(=O)NCC(O)(CCc1ccccc1)c1nc2ccccc2o1. The quantitative estimate of drug-likeness (QED) is 0.363. The minimum absolute atomic E-state index is 0.0106. The smallest absolute Gasteiger partial charge is 0.404 e. The molecule has 8 nitrogen and oxygen atoms in total. The lowest BCUT2D eigenvalue weighted by molar-refractivity contribution is -0.123. The highest BCUT2D eigenvalue weighted by molar-refractivity contribution is 5.76. The summed E-state index contributed by atoms with van der Waals surface area (Å²) in [5, 5.41) is 25.2. The van der Waals surface area contributed by atoms with Crippen molar-refractivity contribution in [3.8, 4) is 0 Å². The number of carbonyl (C=O) groups is 2. The molecular weight excluding hydrogens is 410 g/mol. The average molecular weight is 440 g/mol. The van der Waals surface area contributed by atoms with E-state index in [-0.39, 0.29) is 37.2 Å². The lowest BCUT2D eigenvalue weighted by Crippen LogP contribution is -2.42. The summed E-state index contributed by atoms with van der Waals surface area (Å²) in [6.45, 7) is 2.13. The number of hydrogen-bond donors (Lipinski definition) is 4. The van der Waals surface area contributed by atoms with Crippen molar-refractivity contribution in [3.63, 3.8) is 0 Å². The van der Waals surface area contributed by atoms with Gasteiger partial charge in [-0.15, -0.1) is 0 Å². The van der Waals surface area contributed by atoms with E-state index >= 15 is 0 Å². The first-order valence-electron chi connectivity index (χ1n) is 10.7. The Bertz CT molecular complexity index is 1000. The van der Waals surface area contributed by atoms with Crippen LogP contribution in [0.3, 0.4) is 0 Å². The van der Waals surface area contributed by atoms with Gasteiger partial charge in [0.15, 0.2) is 11.2 Å². The van der Waals surface area contributed by atoms with Crippen molar-refractivity contribution in [2.45, 2.75) is 38.2 Å². The number of aromatic nitrogens is 1. The Morgan fingerprint density at radius 3 is 2.53 bits per heavy atom. The van der Waals surface area contributed by atoms with E-state index in [4.69, 9.17) is 9.52 Å². The zero-order chi connectivity index (χ0) is 23.0. The first-order valence-corrected chi connectivity index (χ1v) is 10.7. The van der Waals surface area contributed by atoms with Gasteiger partial charge < -0.3 is 25.3 Å². The number of fused-ring (bicyclic) bond motifs is 1. The van der Waals surface area contributed by atoms with Gasteiger partial charge in [0.25, 0.3) is 0 Å². The van der Waals surface area contributed by atoms with E-state index in [1.54, 1.807) is 6.07 Å². The number of aliphatic hydroxyl groups is 1. The molecular formula is C24H29N3O5. The van der Waals surface area contributed by atoms with Gasteiger partial charge >= 0.3 is 6.09 Å². The molecule has 4 N–H and O–H groups in total. The van der Waals surface area contributed by atoms with Gasteiger partial charge in [0.05, 0.1) is 6.54 Å². The van der Waals surface area contributed by atoms with E-state index in [9.17, 15) is 14.7 Å². The van der Waals surface area contributed by atoms with Gasteiger partial charge in [-0.2, -0.15) is 0 Å². The van der Waals surface area contributed by atoms with E-state index in [0.29, 0.717) is 30.4 Å². The summed E-state index contributed by atoms with van der Waals surface area (Å²) in [6, 6.07) is 17.1. The first kappa shape index (κ1) is 23.3. The van der Waals surface area contributed by atoms with Gasteiger partial charge in [-0.05, 0) is 42.9 Å². The van der Waals surface area contributed by atoms with Crippen LogP contribution in [0.1, 0.15) is 37.6 Å². The molecule has 170 valence electrons. The third-order valence-corrected chi connectivity index (χ3v) is 5.39. The Labute approximate surface area is 186 Å². The van der Waals surface area contributed by atoms with Gasteiger partial charge in [0, 0.05) is 13.0 Å². The number of carbonyl (C=O) groups excluding carboxylic acids is 1. The molecule has 1 aromatic heterocycles. The number of oxazole rings is 1. The van der Waals surface area contributed by atoms with Crippen LogP contribution in [0.5, 0.6) is 0 Å². The third kappa shape index (κ3) is 6.55. The van der Waals surface area contributed by atoms with Crippen molar-refractivity contribution < 1.29 is 24.2 Å². The Morgan fingerprint density at radius 2 is 1.81 bits per heavy atom. The molecule has 2 aromatic carbocycles. The van der Waals surface area contributed by atoms with E-state index in [0.717, 1.165) is 5.56 Å². The molecule has 2 unspecified atom stereocenters. The largest absolute Gasteiger partial charge is 0.465 e. The van der Waals surface area contributed by atoms with Crippen LogP contribution >= 0.6 is 0 Å². The van der Waals surface area contributed by atoms with E-state index < -0.39 is 11.7 Å². The minimum Gasteiger partial charge on any atom is -0.465 e. The molecule has 1 heterocycles. The average Bonchev–Trinajstić information content (AvgIpc) is 3.22. The normalized spacial score (nSPS) is 13.9. The first-order chi connectivity index (χ1) is 15.4. The topological polar surface area (TPSA) is 125 Å². The summed E-state index contributed by atoms with van der Waals surface area (Å²) in [6.07, 6.45) is 0.599. The Morgan fingerprint density at radius 1 is 1.09 bits per heavy atom. The van der Waals surface area contributed by atoms with Crippen LogP contribution in [0.15, 0.2) is 59.0 Å². The Kier molecular flexibility index (Phi) is 7.83. The van der Waals surface area contributed by atoms with Crippen LogP contribution in [-0.4, -0.2) is 40.3 Å². The fourth-order valence-electron chi connectivity index (χ4n) is 3.50. The van der Waals surface area contributed by atoms with Crippen molar-refractivity contribution in [2.75, 3.05) is 13.1 Å². The third-order valence-electron chi connectivity index (χ3n) is 5.39. The summed E-state index contributed by atoms with van der Waals surface area (Å²) in [5.41, 5.74) is 0.810. The lowest BCUT2D eigenvalue weighted by Gasteiger charge is -2.25. The predicted octanol–water partition coefficient (Wildman–Crippen LogP) is 3.45. The number of aryl methyl sites for hydroxylation is 1. The predicted molar refractivity (Wildman–Crippen MR) is 120 cm³/mol. The van der Waals surface area contributed by atoms with Gasteiger partial charge in [-0.1, -0.05) is 49.4 Å². The highest BCUT2D eigenvalue weighted by atomic mass is 16.4. The monoisotopic (exact) mass is 439 g/mol. The van der Waals surface area contributed by atoms with Crippen molar-refractivity contribution in [3.05, 3.63) is 66.1 Å². The number of rotatable bonds is 11. The molecule has 0 fully saturated rings. The van der Waals surface area contributed by atoms with Crippen molar-refractivity contribution in [1.29, 1.82) is 0 Å².